The Bertz CT molecular complexity index is 1270. The minimum Gasteiger partial charge on any atom is -0.497 e. The minimum atomic E-state index is -4.64. The number of methoxy groups -OCH3 is 1. The van der Waals surface area contributed by atoms with Crippen LogP contribution in [0.15, 0.2) is 66.7 Å². The Kier molecular flexibility index (Phi) is 6.97. The quantitative estimate of drug-likeness (QED) is 0.497. The molecule has 174 valence electrons. The van der Waals surface area contributed by atoms with Crippen molar-refractivity contribution in [3.63, 3.8) is 0 Å². The van der Waals surface area contributed by atoms with Gasteiger partial charge in [-0.05, 0) is 48.0 Å². The van der Waals surface area contributed by atoms with Crippen LogP contribution in [0, 0.1) is 0 Å². The van der Waals surface area contributed by atoms with Crippen LogP contribution in [-0.2, 0) is 21.8 Å². The molecule has 0 saturated carbocycles. The largest absolute Gasteiger partial charge is 0.497 e. The van der Waals surface area contributed by atoms with E-state index in [0.29, 0.717) is 17.1 Å². The molecule has 0 radical (unpaired) electrons. The highest BCUT2D eigenvalue weighted by molar-refractivity contribution is 7.89. The molecule has 0 aromatic heterocycles. The Hall–Kier alpha value is -3.53. The number of amides is 1. The fraction of sp³-hybridized carbons (Fsp3) is 0.174. The summed E-state index contributed by atoms with van der Waals surface area (Å²) >= 11 is 0. The summed E-state index contributed by atoms with van der Waals surface area (Å²) in [5.41, 5.74) is -0.712. The first-order valence-electron chi connectivity index (χ1n) is 9.56. The van der Waals surface area contributed by atoms with E-state index in [0.717, 1.165) is 24.5 Å². The standard InChI is InChI=1S/C23H20F3NO5S/c1-31-18-7-4-8-19(13-18)32-21-10-9-17(23(24,25)26)12-20(21)27-22(28)16-6-3-5-15(11-16)14-33(2,29)30/h3-13H,14H2,1-2H3,(H,27,28). The molecule has 10 heteroatoms. The Morgan fingerprint density at radius 2 is 1.67 bits per heavy atom. The monoisotopic (exact) mass is 479 g/mol. The third-order valence-electron chi connectivity index (χ3n) is 4.44. The van der Waals surface area contributed by atoms with E-state index < -0.39 is 27.5 Å². The molecule has 1 N–H and O–H groups in total. The smallest absolute Gasteiger partial charge is 0.416 e. The maximum absolute atomic E-state index is 13.3. The molecular formula is C23H20F3NO5S. The molecular weight excluding hydrogens is 459 g/mol. The summed E-state index contributed by atoms with van der Waals surface area (Å²) in [6.45, 7) is 0. The van der Waals surface area contributed by atoms with Crippen molar-refractivity contribution in [2.75, 3.05) is 18.7 Å². The average molecular weight is 479 g/mol. The first-order valence-corrected chi connectivity index (χ1v) is 11.6. The Morgan fingerprint density at radius 1 is 0.970 bits per heavy atom. The molecule has 0 heterocycles. The van der Waals surface area contributed by atoms with Crippen LogP contribution in [0.25, 0.3) is 0 Å². The second kappa shape index (κ2) is 9.53. The predicted molar refractivity (Wildman–Crippen MR) is 117 cm³/mol. The summed E-state index contributed by atoms with van der Waals surface area (Å²) in [7, 11) is -1.88. The fourth-order valence-corrected chi connectivity index (χ4v) is 3.77. The Balaban J connectivity index is 1.94. The molecule has 1 amide bonds. The first-order chi connectivity index (χ1) is 15.4. The normalized spacial score (nSPS) is 11.7. The number of anilines is 1. The van der Waals surface area contributed by atoms with Crippen LogP contribution >= 0.6 is 0 Å². The number of halogens is 3. The molecule has 0 aliphatic heterocycles. The van der Waals surface area contributed by atoms with Gasteiger partial charge in [0, 0.05) is 17.9 Å². The van der Waals surface area contributed by atoms with E-state index in [-0.39, 0.29) is 22.8 Å². The highest BCUT2D eigenvalue weighted by Gasteiger charge is 2.31. The number of sulfone groups is 1. The van der Waals surface area contributed by atoms with Crippen molar-refractivity contribution in [3.05, 3.63) is 83.4 Å². The topological polar surface area (TPSA) is 81.7 Å². The van der Waals surface area contributed by atoms with Crippen molar-refractivity contribution in [2.24, 2.45) is 0 Å². The molecule has 0 aliphatic carbocycles. The van der Waals surface area contributed by atoms with E-state index in [1.165, 1.54) is 31.4 Å². The summed E-state index contributed by atoms with van der Waals surface area (Å²) in [4.78, 5) is 12.8. The van der Waals surface area contributed by atoms with Gasteiger partial charge in [0.2, 0.25) is 0 Å². The average Bonchev–Trinajstić information content (AvgIpc) is 2.73. The Labute approximate surface area is 188 Å². The molecule has 3 aromatic carbocycles. The maximum atomic E-state index is 13.3. The number of hydrogen-bond acceptors (Lipinski definition) is 5. The van der Waals surface area contributed by atoms with Crippen molar-refractivity contribution in [3.8, 4) is 17.2 Å². The van der Waals surface area contributed by atoms with E-state index in [1.54, 1.807) is 24.3 Å². The predicted octanol–water partition coefficient (Wildman–Crippen LogP) is 5.30. The zero-order valence-corrected chi connectivity index (χ0v) is 18.5. The highest BCUT2D eigenvalue weighted by Crippen LogP contribution is 2.37. The van der Waals surface area contributed by atoms with E-state index in [1.807, 2.05) is 0 Å². The van der Waals surface area contributed by atoms with Gasteiger partial charge in [0.15, 0.2) is 15.6 Å². The van der Waals surface area contributed by atoms with Gasteiger partial charge in [-0.15, -0.1) is 0 Å². The summed E-state index contributed by atoms with van der Waals surface area (Å²) in [5, 5.41) is 2.43. The molecule has 0 spiro atoms. The van der Waals surface area contributed by atoms with Gasteiger partial charge in [-0.25, -0.2) is 8.42 Å². The number of carbonyl (C=O) groups excluding carboxylic acids is 1. The van der Waals surface area contributed by atoms with Gasteiger partial charge in [-0.2, -0.15) is 13.2 Å². The van der Waals surface area contributed by atoms with E-state index in [9.17, 15) is 26.4 Å². The summed E-state index contributed by atoms with van der Waals surface area (Å²) in [5.74, 6) is -0.244. The second-order valence-corrected chi connectivity index (χ2v) is 9.35. The van der Waals surface area contributed by atoms with Crippen molar-refractivity contribution in [2.45, 2.75) is 11.9 Å². The third-order valence-corrected chi connectivity index (χ3v) is 5.30. The number of carbonyl (C=O) groups is 1. The number of alkyl halides is 3. The zero-order chi connectivity index (χ0) is 24.2. The summed E-state index contributed by atoms with van der Waals surface area (Å²) < 4.78 is 73.7. The summed E-state index contributed by atoms with van der Waals surface area (Å²) in [6.07, 6.45) is -3.58. The van der Waals surface area contributed by atoms with Crippen LogP contribution < -0.4 is 14.8 Å². The fourth-order valence-electron chi connectivity index (χ4n) is 2.98. The Morgan fingerprint density at radius 3 is 2.33 bits per heavy atom. The van der Waals surface area contributed by atoms with Crippen LogP contribution in [0.1, 0.15) is 21.5 Å². The van der Waals surface area contributed by atoms with Crippen molar-refractivity contribution in [1.29, 1.82) is 0 Å². The van der Waals surface area contributed by atoms with Gasteiger partial charge >= 0.3 is 6.18 Å². The number of ether oxygens (including phenoxy) is 2. The molecule has 6 nitrogen and oxygen atoms in total. The van der Waals surface area contributed by atoms with Crippen molar-refractivity contribution >= 4 is 21.4 Å². The molecule has 0 unspecified atom stereocenters. The molecule has 0 bridgehead atoms. The summed E-state index contributed by atoms with van der Waals surface area (Å²) in [6, 6.07) is 15.0. The molecule has 0 fully saturated rings. The van der Waals surface area contributed by atoms with Crippen LogP contribution in [-0.4, -0.2) is 27.7 Å². The van der Waals surface area contributed by atoms with Crippen LogP contribution in [0.5, 0.6) is 17.2 Å². The van der Waals surface area contributed by atoms with Gasteiger partial charge in [0.05, 0.1) is 24.1 Å². The van der Waals surface area contributed by atoms with Gasteiger partial charge in [0.1, 0.15) is 11.5 Å². The lowest BCUT2D eigenvalue weighted by Crippen LogP contribution is -2.14. The van der Waals surface area contributed by atoms with Crippen molar-refractivity contribution in [1.82, 2.24) is 0 Å². The molecule has 0 aliphatic rings. The van der Waals surface area contributed by atoms with E-state index in [2.05, 4.69) is 5.32 Å². The molecule has 33 heavy (non-hydrogen) atoms. The van der Waals surface area contributed by atoms with E-state index in [4.69, 9.17) is 9.47 Å². The number of nitrogens with one attached hydrogen (secondary N) is 1. The lowest BCUT2D eigenvalue weighted by Gasteiger charge is -2.16. The maximum Gasteiger partial charge on any atom is 0.416 e. The molecule has 0 saturated heterocycles. The van der Waals surface area contributed by atoms with Crippen LogP contribution in [0.4, 0.5) is 18.9 Å². The minimum absolute atomic E-state index is 0.0168. The SMILES string of the molecule is COc1cccc(Oc2ccc(C(F)(F)F)cc2NC(=O)c2cccc(CS(C)(=O)=O)c2)c1. The van der Waals surface area contributed by atoms with Gasteiger partial charge in [0.25, 0.3) is 5.91 Å². The van der Waals surface area contributed by atoms with Gasteiger partial charge in [-0.3, -0.25) is 4.79 Å². The van der Waals surface area contributed by atoms with Crippen LogP contribution in [0.2, 0.25) is 0 Å². The third kappa shape index (κ3) is 6.72. The lowest BCUT2D eigenvalue weighted by atomic mass is 10.1. The molecule has 0 atom stereocenters. The number of hydrogen-bond donors (Lipinski definition) is 1. The first kappa shape index (κ1) is 24.1. The number of rotatable bonds is 7. The molecule has 3 rings (SSSR count). The van der Waals surface area contributed by atoms with Gasteiger partial charge < -0.3 is 14.8 Å². The molecule has 3 aromatic rings. The number of benzene rings is 3. The van der Waals surface area contributed by atoms with E-state index >= 15 is 0 Å². The van der Waals surface area contributed by atoms with Crippen molar-refractivity contribution < 1.29 is 35.9 Å². The second-order valence-electron chi connectivity index (χ2n) is 7.21. The zero-order valence-electron chi connectivity index (χ0n) is 17.6. The van der Waals surface area contributed by atoms with Crippen LogP contribution in [0.3, 0.4) is 0 Å². The van der Waals surface area contributed by atoms with Gasteiger partial charge in [-0.1, -0.05) is 18.2 Å². The lowest BCUT2D eigenvalue weighted by molar-refractivity contribution is -0.137. The highest BCUT2D eigenvalue weighted by atomic mass is 32.2.